The third-order valence-electron chi connectivity index (χ3n) is 6.66. The van der Waals surface area contributed by atoms with Crippen LogP contribution in [0, 0.1) is 0 Å². The first-order valence-electron chi connectivity index (χ1n) is 14.3. The van der Waals surface area contributed by atoms with Crippen LogP contribution >= 0.6 is 0 Å². The number of carbonyl (C=O) groups is 3. The van der Waals surface area contributed by atoms with Crippen molar-refractivity contribution >= 4 is 36.5 Å². The Labute approximate surface area is 257 Å². The Bertz CT molecular complexity index is 1100. The van der Waals surface area contributed by atoms with E-state index in [-0.39, 0.29) is 38.0 Å². The Hall–Kier alpha value is -4.32. The quantitative estimate of drug-likeness (QED) is 0.0361. The van der Waals surface area contributed by atoms with E-state index in [1.807, 2.05) is 16.8 Å². The van der Waals surface area contributed by atoms with Gasteiger partial charge in [-0.3, -0.25) is 39.9 Å². The van der Waals surface area contributed by atoms with Gasteiger partial charge in [-0.25, -0.2) is 0 Å². The maximum atomic E-state index is 13.0. The first-order valence-corrected chi connectivity index (χ1v) is 14.3. The van der Waals surface area contributed by atoms with Crippen LogP contribution in [0.25, 0.3) is 0 Å². The maximum Gasteiger partial charge on any atom is 0.317 e. The van der Waals surface area contributed by atoms with Crippen molar-refractivity contribution < 1.29 is 29.7 Å². The highest BCUT2D eigenvalue weighted by atomic mass is 16.4. The molecular formula is C27H45N11O6. The molecule has 1 saturated heterocycles. The molecule has 1 aromatic carbocycles. The van der Waals surface area contributed by atoms with Crippen LogP contribution in [0.15, 0.2) is 39.6 Å². The number of hydrazone groups is 3. The second-order valence-electron chi connectivity index (χ2n) is 10.3. The average Bonchev–Trinajstić information content (AvgIpc) is 2.96. The Morgan fingerprint density at radius 2 is 1.39 bits per heavy atom. The molecule has 1 aromatic rings. The zero-order valence-electron chi connectivity index (χ0n) is 25.1. The minimum Gasteiger partial charge on any atom is -0.508 e. The van der Waals surface area contributed by atoms with Crippen molar-refractivity contribution in [1.29, 1.82) is 0 Å². The number of benzene rings is 1. The fraction of sp³-hybridized carbons (Fsp3) is 0.556. The smallest absolute Gasteiger partial charge is 0.317 e. The van der Waals surface area contributed by atoms with E-state index in [1.165, 1.54) is 6.21 Å². The van der Waals surface area contributed by atoms with Gasteiger partial charge >= 0.3 is 11.9 Å². The number of phenolic OH excluding ortho intramolecular Hbond substituents is 1. The summed E-state index contributed by atoms with van der Waals surface area (Å²) in [6, 6.07) is 6.10. The summed E-state index contributed by atoms with van der Waals surface area (Å²) in [7, 11) is 1.94. The Kier molecular flexibility index (Phi) is 16.8. The molecule has 44 heavy (non-hydrogen) atoms. The minimum atomic E-state index is -0.969. The predicted molar refractivity (Wildman–Crippen MR) is 167 cm³/mol. The van der Waals surface area contributed by atoms with Crippen molar-refractivity contribution in [1.82, 2.24) is 35.8 Å². The molecule has 1 amide bonds. The molecule has 8 N–H and O–H groups in total. The highest BCUT2D eigenvalue weighted by Gasteiger charge is 2.20. The number of carboxylic acids is 2. The minimum absolute atomic E-state index is 0.0904. The van der Waals surface area contributed by atoms with Crippen LogP contribution in [-0.2, 0) is 14.4 Å². The lowest BCUT2D eigenvalue weighted by Gasteiger charge is -2.32. The number of carboxylic acid groups (broad SMARTS) is 2. The van der Waals surface area contributed by atoms with Crippen molar-refractivity contribution in [3.63, 3.8) is 0 Å². The maximum absolute atomic E-state index is 13.0. The van der Waals surface area contributed by atoms with Gasteiger partial charge in [0.1, 0.15) is 12.4 Å². The van der Waals surface area contributed by atoms with Crippen LogP contribution in [0.2, 0.25) is 0 Å². The van der Waals surface area contributed by atoms with Gasteiger partial charge in [-0.15, -0.1) is 0 Å². The van der Waals surface area contributed by atoms with Gasteiger partial charge in [0.2, 0.25) is 5.91 Å². The van der Waals surface area contributed by atoms with Crippen molar-refractivity contribution in [2.24, 2.45) is 21.1 Å². The van der Waals surface area contributed by atoms with Gasteiger partial charge in [0.05, 0.1) is 31.9 Å². The monoisotopic (exact) mass is 619 g/mol. The van der Waals surface area contributed by atoms with E-state index in [9.17, 15) is 29.7 Å². The molecule has 244 valence electrons. The molecule has 0 saturated carbocycles. The third kappa shape index (κ3) is 16.4. The van der Waals surface area contributed by atoms with E-state index in [0.717, 1.165) is 5.56 Å². The molecule has 1 unspecified atom stereocenters. The number of nitrogens with zero attached hydrogens (tertiary/aromatic N) is 7. The van der Waals surface area contributed by atoms with Gasteiger partial charge in [0.15, 0.2) is 0 Å². The first-order chi connectivity index (χ1) is 21.1. The van der Waals surface area contributed by atoms with Crippen molar-refractivity contribution in [2.45, 2.75) is 12.5 Å². The summed E-state index contributed by atoms with van der Waals surface area (Å²) in [6.45, 7) is 4.11. The lowest BCUT2D eigenvalue weighted by atomic mass is 10.2. The van der Waals surface area contributed by atoms with Crippen molar-refractivity contribution in [3.05, 3.63) is 29.8 Å². The summed E-state index contributed by atoms with van der Waals surface area (Å²) in [6.07, 6.45) is 4.94. The third-order valence-corrected chi connectivity index (χ3v) is 6.66. The van der Waals surface area contributed by atoms with E-state index in [2.05, 4.69) is 36.4 Å². The number of nitrogens with two attached hydrogens (primary N) is 1. The van der Waals surface area contributed by atoms with Crippen molar-refractivity contribution in [3.8, 4) is 5.75 Å². The van der Waals surface area contributed by atoms with Crippen LogP contribution in [-0.4, -0.2) is 163 Å². The van der Waals surface area contributed by atoms with Crippen LogP contribution in [0.5, 0.6) is 5.75 Å². The van der Waals surface area contributed by atoms with E-state index in [0.29, 0.717) is 58.8 Å². The normalized spacial score (nSPS) is 17.8. The molecule has 1 heterocycles. The first kappa shape index (κ1) is 35.9. The van der Waals surface area contributed by atoms with Gasteiger partial charge in [-0.1, -0.05) is 0 Å². The molecule has 17 heteroatoms. The molecule has 2 rings (SSSR count). The predicted octanol–water partition coefficient (Wildman–Crippen LogP) is -2.31. The van der Waals surface area contributed by atoms with Gasteiger partial charge in [0.25, 0.3) is 0 Å². The summed E-state index contributed by atoms with van der Waals surface area (Å²) in [5, 5.41) is 42.5. The topological polar surface area (TPSA) is 224 Å². The number of likely N-dealkylation sites (N-methyl/N-ethyl adjacent to an activating group) is 1. The fourth-order valence-electron chi connectivity index (χ4n) is 4.25. The number of hydrogen-bond acceptors (Lipinski definition) is 14. The number of carbonyl (C=O) groups excluding carboxylic acids is 1. The molecule has 1 aliphatic heterocycles. The van der Waals surface area contributed by atoms with E-state index in [4.69, 9.17) is 5.84 Å². The molecular weight excluding hydrogens is 574 g/mol. The van der Waals surface area contributed by atoms with Crippen LogP contribution in [0.3, 0.4) is 0 Å². The number of amides is 1. The Morgan fingerprint density at radius 1 is 0.864 bits per heavy atom. The lowest BCUT2D eigenvalue weighted by Crippen LogP contribution is -2.49. The molecule has 1 fully saturated rings. The lowest BCUT2D eigenvalue weighted by molar-refractivity contribution is -0.140. The van der Waals surface area contributed by atoms with E-state index >= 15 is 0 Å². The Balaban J connectivity index is 1.85. The highest BCUT2D eigenvalue weighted by molar-refractivity contribution is 5.83. The Morgan fingerprint density at radius 3 is 1.93 bits per heavy atom. The number of rotatable bonds is 15. The number of aliphatic carboxylic acids is 2. The molecule has 0 radical (unpaired) electrons. The fourth-order valence-corrected chi connectivity index (χ4v) is 4.25. The standard InChI is InChI=1S/C27H45N11O6/c1-35-8-10-36(12-13-38(20-27(43)44)15-14-37(11-9-35)19-26(41)42)18-25(40)34-23(17-29-28)6-7-30-32-21-33-31-16-22-2-4-24(39)5-3-22/h2-5,7,16-17,23,32-33,39H,6,8-15,18-21,28H2,1H3,(H,34,40)(H,41,42)(H,43,44)/b29-17-,30-7+,31-16+. The largest absolute Gasteiger partial charge is 0.508 e. The number of aromatic hydroxyl groups is 1. The SMILES string of the molecule is CN1CCN(CC(=O)O)CCN(CC(=O)O)CCN(CC(=O)NC(/C=N\N)C/C=N/NCN/N=C/c2ccc(O)cc2)CC1. The number of nitrogens with one attached hydrogen (secondary N) is 3. The van der Waals surface area contributed by atoms with Crippen LogP contribution < -0.4 is 22.0 Å². The van der Waals surface area contributed by atoms with E-state index in [1.54, 1.807) is 41.6 Å². The second-order valence-corrected chi connectivity index (χ2v) is 10.3. The zero-order valence-corrected chi connectivity index (χ0v) is 25.1. The number of hydrogen-bond donors (Lipinski definition) is 7. The highest BCUT2D eigenvalue weighted by Crippen LogP contribution is 2.07. The van der Waals surface area contributed by atoms with Crippen LogP contribution in [0.4, 0.5) is 0 Å². The summed E-state index contributed by atoms with van der Waals surface area (Å²) >= 11 is 0. The molecule has 0 aromatic heterocycles. The van der Waals surface area contributed by atoms with Gasteiger partial charge < -0.3 is 31.4 Å². The van der Waals surface area contributed by atoms with Gasteiger partial charge in [-0.2, -0.15) is 15.3 Å². The summed E-state index contributed by atoms with van der Waals surface area (Å²) in [5.74, 6) is 3.39. The molecule has 1 atom stereocenters. The second kappa shape index (κ2) is 20.6. The molecule has 0 spiro atoms. The van der Waals surface area contributed by atoms with Crippen LogP contribution in [0.1, 0.15) is 12.0 Å². The number of phenols is 1. The molecule has 17 nitrogen and oxygen atoms in total. The van der Waals surface area contributed by atoms with E-state index < -0.39 is 18.0 Å². The average molecular weight is 620 g/mol. The zero-order chi connectivity index (χ0) is 32.2. The molecule has 1 aliphatic rings. The van der Waals surface area contributed by atoms with Gasteiger partial charge in [0, 0.05) is 71.2 Å². The van der Waals surface area contributed by atoms with Crippen molar-refractivity contribution in [2.75, 3.05) is 85.7 Å². The van der Waals surface area contributed by atoms with Gasteiger partial charge in [-0.05, 0) is 36.9 Å². The molecule has 0 aliphatic carbocycles. The molecule has 0 bridgehead atoms. The summed E-state index contributed by atoms with van der Waals surface area (Å²) in [4.78, 5) is 43.3. The summed E-state index contributed by atoms with van der Waals surface area (Å²) < 4.78 is 0. The summed E-state index contributed by atoms with van der Waals surface area (Å²) in [5.41, 5.74) is 6.39.